The second-order valence-electron chi connectivity index (χ2n) is 16.6. The molecule has 1 heteroatoms. The molecule has 0 saturated heterocycles. The molecule has 0 heterocycles. The van der Waals surface area contributed by atoms with E-state index in [-0.39, 0.29) is 0 Å². The summed E-state index contributed by atoms with van der Waals surface area (Å²) in [4.78, 5) is 2.36. The molecule has 1 nitrogen and oxygen atoms in total. The lowest BCUT2D eigenvalue weighted by Gasteiger charge is -2.26. The van der Waals surface area contributed by atoms with Gasteiger partial charge in [-0.2, -0.15) is 0 Å². The van der Waals surface area contributed by atoms with Crippen LogP contribution in [0.2, 0.25) is 0 Å². The zero-order valence-electron chi connectivity index (χ0n) is 35.9. The third-order valence-electron chi connectivity index (χ3n) is 12.5. The average molecular weight is 828 g/mol. The first-order valence-electron chi connectivity index (χ1n) is 22.3. The monoisotopic (exact) mass is 827 g/mol. The highest BCUT2D eigenvalue weighted by Gasteiger charge is 2.15. The number of fused-ring (bicyclic) bond motifs is 1. The van der Waals surface area contributed by atoms with Crippen molar-refractivity contribution >= 4 is 27.8 Å². The van der Waals surface area contributed by atoms with Crippen LogP contribution in [-0.2, 0) is 0 Å². The summed E-state index contributed by atoms with van der Waals surface area (Å²) < 4.78 is 0. The fourth-order valence-corrected chi connectivity index (χ4v) is 8.97. The predicted molar refractivity (Wildman–Crippen MR) is 277 cm³/mol. The third-order valence-corrected chi connectivity index (χ3v) is 12.5. The lowest BCUT2D eigenvalue weighted by atomic mass is 9.96. The second-order valence-corrected chi connectivity index (χ2v) is 16.6. The molecule has 11 aromatic carbocycles. The molecule has 0 fully saturated rings. The van der Waals surface area contributed by atoms with E-state index in [0.29, 0.717) is 0 Å². The van der Waals surface area contributed by atoms with Crippen LogP contribution in [0.4, 0.5) is 17.1 Å². The standard InChI is InChI=1S/C64H45N/c1-3-12-46(13-4-1)49-24-26-50(27-25-49)52-34-38-62(39-35-52)65(64-23-11-22-60(45-64)58-20-9-18-56(42-58)47-14-5-2-6-15-47)63-40-36-53(37-41-63)51-28-30-54(31-29-51)57-19-10-21-59(43-57)61-33-32-48-16-7-8-17-55(48)44-61/h1-45H. The van der Waals surface area contributed by atoms with Crippen LogP contribution in [0.15, 0.2) is 273 Å². The van der Waals surface area contributed by atoms with E-state index in [0.717, 1.165) is 17.1 Å². The van der Waals surface area contributed by atoms with Crippen molar-refractivity contribution in [2.24, 2.45) is 0 Å². The van der Waals surface area contributed by atoms with Gasteiger partial charge in [-0.1, -0.05) is 218 Å². The molecule has 306 valence electrons. The van der Waals surface area contributed by atoms with E-state index < -0.39 is 0 Å². The Morgan fingerprint density at radius 1 is 0.154 bits per heavy atom. The quantitative estimate of drug-likeness (QED) is 0.133. The molecule has 0 atom stereocenters. The van der Waals surface area contributed by atoms with Crippen molar-refractivity contribution in [1.82, 2.24) is 0 Å². The van der Waals surface area contributed by atoms with Gasteiger partial charge in [0.15, 0.2) is 0 Å². The van der Waals surface area contributed by atoms with Gasteiger partial charge >= 0.3 is 0 Å². The molecule has 0 amide bonds. The zero-order chi connectivity index (χ0) is 43.4. The summed E-state index contributed by atoms with van der Waals surface area (Å²) in [5.74, 6) is 0. The van der Waals surface area contributed by atoms with Crippen LogP contribution < -0.4 is 4.90 Å². The maximum Gasteiger partial charge on any atom is 0.0467 e. The number of rotatable bonds is 10. The van der Waals surface area contributed by atoms with Gasteiger partial charge in [0, 0.05) is 17.1 Å². The number of anilines is 3. The largest absolute Gasteiger partial charge is 0.310 e. The van der Waals surface area contributed by atoms with Gasteiger partial charge in [0.05, 0.1) is 0 Å². The van der Waals surface area contributed by atoms with Crippen molar-refractivity contribution < 1.29 is 0 Å². The molecular weight excluding hydrogens is 783 g/mol. The minimum Gasteiger partial charge on any atom is -0.310 e. The molecule has 0 unspecified atom stereocenters. The van der Waals surface area contributed by atoms with Crippen molar-refractivity contribution in [3.63, 3.8) is 0 Å². The normalized spacial score (nSPS) is 11.1. The molecule has 0 aliphatic rings. The van der Waals surface area contributed by atoms with Crippen molar-refractivity contribution in [1.29, 1.82) is 0 Å². The van der Waals surface area contributed by atoms with Crippen LogP contribution >= 0.6 is 0 Å². The van der Waals surface area contributed by atoms with Crippen LogP contribution in [0, 0.1) is 0 Å². The van der Waals surface area contributed by atoms with Gasteiger partial charge in [-0.25, -0.2) is 0 Å². The number of hydrogen-bond acceptors (Lipinski definition) is 1. The zero-order valence-corrected chi connectivity index (χ0v) is 35.9. The molecule has 0 radical (unpaired) electrons. The second kappa shape index (κ2) is 17.7. The lowest BCUT2D eigenvalue weighted by molar-refractivity contribution is 1.28. The van der Waals surface area contributed by atoms with E-state index in [1.54, 1.807) is 0 Å². The number of nitrogens with zero attached hydrogens (tertiary/aromatic N) is 1. The summed E-state index contributed by atoms with van der Waals surface area (Å²) in [5, 5.41) is 2.51. The Hall–Kier alpha value is -8.52. The maximum atomic E-state index is 2.36. The topological polar surface area (TPSA) is 3.24 Å². The molecule has 0 aromatic heterocycles. The van der Waals surface area contributed by atoms with Crippen molar-refractivity contribution in [3.8, 4) is 77.9 Å². The molecule has 0 aliphatic carbocycles. The number of benzene rings is 11. The minimum absolute atomic E-state index is 1.09. The van der Waals surface area contributed by atoms with Gasteiger partial charge in [0.1, 0.15) is 0 Å². The fourth-order valence-electron chi connectivity index (χ4n) is 8.97. The molecule has 0 spiro atoms. The van der Waals surface area contributed by atoms with E-state index in [9.17, 15) is 0 Å². The highest BCUT2D eigenvalue weighted by Crippen LogP contribution is 2.39. The molecule has 0 saturated carbocycles. The smallest absolute Gasteiger partial charge is 0.0467 e. The highest BCUT2D eigenvalue weighted by molar-refractivity contribution is 5.88. The molecule has 11 aromatic rings. The van der Waals surface area contributed by atoms with Crippen LogP contribution in [0.1, 0.15) is 0 Å². The molecule has 65 heavy (non-hydrogen) atoms. The first-order valence-corrected chi connectivity index (χ1v) is 22.3. The van der Waals surface area contributed by atoms with E-state index in [4.69, 9.17) is 0 Å². The Labute approximate surface area is 381 Å². The van der Waals surface area contributed by atoms with E-state index in [1.165, 1.54) is 88.7 Å². The molecule has 0 aliphatic heterocycles. The Kier molecular flexibility index (Phi) is 10.7. The third kappa shape index (κ3) is 8.40. The summed E-state index contributed by atoms with van der Waals surface area (Å²) >= 11 is 0. The van der Waals surface area contributed by atoms with Gasteiger partial charge in [0.25, 0.3) is 0 Å². The summed E-state index contributed by atoms with van der Waals surface area (Å²) in [6.45, 7) is 0. The predicted octanol–water partition coefficient (Wildman–Crippen LogP) is 18.0. The summed E-state index contributed by atoms with van der Waals surface area (Å²) in [5.41, 5.74) is 20.0. The average Bonchev–Trinajstić information content (AvgIpc) is 3.40. The summed E-state index contributed by atoms with van der Waals surface area (Å²) in [7, 11) is 0. The van der Waals surface area contributed by atoms with Crippen LogP contribution in [0.5, 0.6) is 0 Å². The van der Waals surface area contributed by atoms with E-state index >= 15 is 0 Å². The Balaban J connectivity index is 0.899. The SMILES string of the molecule is c1ccc(-c2ccc(-c3ccc(N(c4ccc(-c5ccc(-c6cccc(-c7ccc8ccccc8c7)c6)cc5)cc4)c4cccc(-c5cccc(-c6ccccc6)c5)c4)cc3)cc2)cc1. The van der Waals surface area contributed by atoms with Crippen molar-refractivity contribution in [2.45, 2.75) is 0 Å². The van der Waals surface area contributed by atoms with Gasteiger partial charge in [-0.3, -0.25) is 0 Å². The lowest BCUT2D eigenvalue weighted by Crippen LogP contribution is -2.10. The van der Waals surface area contributed by atoms with Crippen molar-refractivity contribution in [2.75, 3.05) is 4.90 Å². The van der Waals surface area contributed by atoms with Gasteiger partial charge in [-0.15, -0.1) is 0 Å². The molecule has 0 bridgehead atoms. The minimum atomic E-state index is 1.09. The summed E-state index contributed by atoms with van der Waals surface area (Å²) in [6, 6.07) is 98.7. The first kappa shape index (κ1) is 39.3. The first-order chi connectivity index (χ1) is 32.2. The molecular formula is C64H45N. The van der Waals surface area contributed by atoms with Crippen molar-refractivity contribution in [3.05, 3.63) is 273 Å². The maximum absolute atomic E-state index is 2.36. The van der Waals surface area contributed by atoms with Crippen LogP contribution in [-0.4, -0.2) is 0 Å². The Morgan fingerprint density at radius 2 is 0.446 bits per heavy atom. The van der Waals surface area contributed by atoms with Gasteiger partial charge in [-0.05, 0) is 143 Å². The molecule has 0 N–H and O–H groups in total. The fraction of sp³-hybridized carbons (Fsp3) is 0. The van der Waals surface area contributed by atoms with E-state index in [1.807, 2.05) is 0 Å². The number of hydrogen-bond donors (Lipinski definition) is 0. The summed E-state index contributed by atoms with van der Waals surface area (Å²) in [6.07, 6.45) is 0. The van der Waals surface area contributed by atoms with Crippen LogP contribution in [0.3, 0.4) is 0 Å². The molecule has 11 rings (SSSR count). The Morgan fingerprint density at radius 3 is 0.923 bits per heavy atom. The van der Waals surface area contributed by atoms with E-state index in [2.05, 4.69) is 278 Å². The van der Waals surface area contributed by atoms with Gasteiger partial charge < -0.3 is 4.90 Å². The highest BCUT2D eigenvalue weighted by atomic mass is 15.1. The van der Waals surface area contributed by atoms with Crippen LogP contribution in [0.25, 0.3) is 88.7 Å². The van der Waals surface area contributed by atoms with Gasteiger partial charge in [0.2, 0.25) is 0 Å². The Bertz CT molecular complexity index is 3370.